The van der Waals surface area contributed by atoms with Crippen molar-refractivity contribution >= 4 is 99.5 Å². The predicted octanol–water partition coefficient (Wildman–Crippen LogP) is 22.9. The number of para-hydroxylation sites is 4. The monoisotopic (exact) mass is 1060 g/mol. The summed E-state index contributed by atoms with van der Waals surface area (Å²) in [5.41, 5.74) is 24.3. The fraction of sp³-hybridized carbons (Fsp3) is 0.128. The van der Waals surface area contributed by atoms with Crippen molar-refractivity contribution in [1.82, 2.24) is 0 Å². The van der Waals surface area contributed by atoms with Crippen molar-refractivity contribution in [1.29, 1.82) is 0 Å². The molecule has 14 aromatic rings. The van der Waals surface area contributed by atoms with E-state index in [-0.39, 0.29) is 10.8 Å². The predicted molar refractivity (Wildman–Crippen MR) is 348 cm³/mol. The Bertz CT molecular complexity index is 4600. The Hall–Kier alpha value is -9.64. The third kappa shape index (κ3) is 7.95. The van der Waals surface area contributed by atoms with Gasteiger partial charge in [0.15, 0.2) is 11.2 Å². The first-order valence-corrected chi connectivity index (χ1v) is 28.7. The molecule has 0 amide bonds. The van der Waals surface area contributed by atoms with Crippen molar-refractivity contribution in [3.05, 3.63) is 253 Å². The van der Waals surface area contributed by atoms with E-state index in [1.54, 1.807) is 0 Å². The molecule has 0 aliphatic heterocycles. The van der Waals surface area contributed by atoms with Crippen LogP contribution in [0.25, 0.3) is 110 Å². The molecule has 0 saturated carbocycles. The summed E-state index contributed by atoms with van der Waals surface area (Å²) in [6, 6.07) is 84.9. The number of benzene rings is 12. The standard InChI is InChI=1S/C78H62N2O2/c1-47-31-33-53(49-19-11-9-12-20-49)45-71(47)79(69-29-17-25-61-59-23-15-27-67(77(3,4)5)73(59)81-75(61)69)57-37-35-51-41-63-64-42-52-36-38-58(40-56(52)44-66(64)65(63)43-55(51)39-57)80(72-46-54(34-32-48(72)2)50-21-13-10-14-22-50)70-30-18-26-62-60-24-16-28-68(78(6,7)8)74(60)82-76(62)70/h9-46H,1-8H3. The van der Waals surface area contributed by atoms with Gasteiger partial charge < -0.3 is 18.6 Å². The molecular formula is C78H62N2O2. The molecule has 2 heterocycles. The lowest BCUT2D eigenvalue weighted by Gasteiger charge is -2.30. The molecule has 0 atom stereocenters. The van der Waals surface area contributed by atoms with Gasteiger partial charge in [0.1, 0.15) is 11.2 Å². The second-order valence-corrected chi connectivity index (χ2v) is 24.6. The van der Waals surface area contributed by atoms with E-state index >= 15 is 0 Å². The van der Waals surface area contributed by atoms with Gasteiger partial charge in [-0.3, -0.25) is 0 Å². The normalized spacial score (nSPS) is 12.4. The van der Waals surface area contributed by atoms with Gasteiger partial charge in [0.25, 0.3) is 0 Å². The minimum Gasteiger partial charge on any atom is -0.454 e. The lowest BCUT2D eigenvalue weighted by atomic mass is 9.78. The minimum atomic E-state index is -0.0990. The van der Waals surface area contributed by atoms with Gasteiger partial charge in [0, 0.05) is 55.4 Å². The molecule has 0 radical (unpaired) electrons. The molecule has 0 spiro atoms. The number of aryl methyl sites for hydroxylation is 2. The van der Waals surface area contributed by atoms with Crippen molar-refractivity contribution in [2.45, 2.75) is 66.2 Å². The van der Waals surface area contributed by atoms with Crippen LogP contribution >= 0.6 is 0 Å². The van der Waals surface area contributed by atoms with Gasteiger partial charge in [0.05, 0.1) is 11.4 Å². The molecular weight excluding hydrogens is 997 g/mol. The van der Waals surface area contributed by atoms with Gasteiger partial charge >= 0.3 is 0 Å². The number of fused-ring (bicyclic) bond motifs is 12. The van der Waals surface area contributed by atoms with Crippen LogP contribution < -0.4 is 9.80 Å². The molecule has 4 nitrogen and oxygen atoms in total. The van der Waals surface area contributed by atoms with Crippen LogP contribution in [0.4, 0.5) is 34.1 Å². The summed E-state index contributed by atoms with van der Waals surface area (Å²) in [6.07, 6.45) is 0. The van der Waals surface area contributed by atoms with E-state index in [0.29, 0.717) is 0 Å². The van der Waals surface area contributed by atoms with Crippen LogP contribution in [0.5, 0.6) is 0 Å². The van der Waals surface area contributed by atoms with Gasteiger partial charge in [-0.1, -0.05) is 199 Å². The summed E-state index contributed by atoms with van der Waals surface area (Å²) in [7, 11) is 0. The Morgan fingerprint density at radius 2 is 0.646 bits per heavy atom. The first kappa shape index (κ1) is 49.4. The molecule has 1 aliphatic rings. The van der Waals surface area contributed by atoms with Gasteiger partial charge in [-0.25, -0.2) is 0 Å². The van der Waals surface area contributed by atoms with Crippen LogP contribution in [0, 0.1) is 13.8 Å². The number of hydrogen-bond donors (Lipinski definition) is 0. The third-order valence-electron chi connectivity index (χ3n) is 17.2. The summed E-state index contributed by atoms with van der Waals surface area (Å²) >= 11 is 0. The van der Waals surface area contributed by atoms with Crippen molar-refractivity contribution in [3.63, 3.8) is 0 Å². The van der Waals surface area contributed by atoms with Crippen LogP contribution in [0.1, 0.15) is 63.8 Å². The SMILES string of the molecule is Cc1ccc(-c2ccccc2)cc1N(c1ccc2cc3c(cc2c1)-c1cc2cc(N(c4cc(-c5ccccc5)ccc4C)c4cccc5c4oc4c(C(C)(C)C)cccc45)ccc2cc1-3)c1cccc2c1oc1c(C(C)(C)C)cccc12. The number of hydrogen-bond acceptors (Lipinski definition) is 4. The fourth-order valence-electron chi connectivity index (χ4n) is 13.0. The molecule has 0 unspecified atom stereocenters. The highest BCUT2D eigenvalue weighted by atomic mass is 16.3. The van der Waals surface area contributed by atoms with Crippen LogP contribution in [0.15, 0.2) is 239 Å². The number of rotatable bonds is 8. The van der Waals surface area contributed by atoms with E-state index in [1.165, 1.54) is 77.2 Å². The average Bonchev–Trinajstić information content (AvgIpc) is 2.69. The molecule has 0 saturated heterocycles. The molecule has 0 N–H and O–H groups in total. The maximum absolute atomic E-state index is 7.13. The van der Waals surface area contributed by atoms with E-state index < -0.39 is 0 Å². The maximum atomic E-state index is 7.13. The maximum Gasteiger partial charge on any atom is 0.159 e. The highest BCUT2D eigenvalue weighted by Crippen LogP contribution is 2.53. The topological polar surface area (TPSA) is 32.8 Å². The summed E-state index contributed by atoms with van der Waals surface area (Å²) in [5, 5.41) is 9.24. The summed E-state index contributed by atoms with van der Waals surface area (Å²) in [5.74, 6) is 0. The zero-order chi connectivity index (χ0) is 55.8. The quantitative estimate of drug-likeness (QED) is 0.152. The minimum absolute atomic E-state index is 0.0990. The lowest BCUT2D eigenvalue weighted by molar-refractivity contribution is 0.572. The lowest BCUT2D eigenvalue weighted by Crippen LogP contribution is -2.12. The highest BCUT2D eigenvalue weighted by Gasteiger charge is 2.29. The molecule has 12 aromatic carbocycles. The van der Waals surface area contributed by atoms with Crippen molar-refractivity contribution < 1.29 is 8.83 Å². The fourth-order valence-corrected chi connectivity index (χ4v) is 13.0. The molecule has 0 bridgehead atoms. The van der Waals surface area contributed by atoms with Crippen LogP contribution in [0.2, 0.25) is 0 Å². The summed E-state index contributed by atoms with van der Waals surface area (Å²) in [6.45, 7) is 18.0. The van der Waals surface area contributed by atoms with Crippen LogP contribution in [-0.2, 0) is 10.8 Å². The highest BCUT2D eigenvalue weighted by molar-refractivity contribution is 6.15. The molecule has 82 heavy (non-hydrogen) atoms. The second-order valence-electron chi connectivity index (χ2n) is 24.6. The first-order valence-electron chi connectivity index (χ1n) is 28.7. The summed E-state index contributed by atoms with van der Waals surface area (Å²) < 4.78 is 14.3. The van der Waals surface area contributed by atoms with Crippen LogP contribution in [0.3, 0.4) is 0 Å². The Labute approximate surface area is 479 Å². The zero-order valence-corrected chi connectivity index (χ0v) is 47.7. The van der Waals surface area contributed by atoms with E-state index in [2.05, 4.69) is 296 Å². The van der Waals surface area contributed by atoms with E-state index in [0.717, 1.165) is 89.1 Å². The molecule has 2 aromatic heterocycles. The second kappa shape index (κ2) is 18.5. The molecule has 0 fully saturated rings. The Balaban J connectivity index is 0.880. The van der Waals surface area contributed by atoms with E-state index in [1.807, 2.05) is 0 Å². The third-order valence-corrected chi connectivity index (χ3v) is 17.2. The number of nitrogens with zero attached hydrogens (tertiary/aromatic N) is 2. The van der Waals surface area contributed by atoms with Gasteiger partial charge in [-0.15, -0.1) is 0 Å². The molecule has 4 heteroatoms. The summed E-state index contributed by atoms with van der Waals surface area (Å²) in [4.78, 5) is 4.84. The largest absolute Gasteiger partial charge is 0.454 e. The van der Waals surface area contributed by atoms with Crippen molar-refractivity contribution in [2.75, 3.05) is 9.80 Å². The van der Waals surface area contributed by atoms with Crippen molar-refractivity contribution in [3.8, 4) is 44.5 Å². The van der Waals surface area contributed by atoms with Gasteiger partial charge in [-0.05, 0) is 175 Å². The molecule has 15 rings (SSSR count). The van der Waals surface area contributed by atoms with Crippen LogP contribution in [-0.4, -0.2) is 0 Å². The van der Waals surface area contributed by atoms with Crippen molar-refractivity contribution in [2.24, 2.45) is 0 Å². The Kier molecular flexibility index (Phi) is 11.1. The smallest absolute Gasteiger partial charge is 0.159 e. The van der Waals surface area contributed by atoms with E-state index in [9.17, 15) is 0 Å². The van der Waals surface area contributed by atoms with Gasteiger partial charge in [0.2, 0.25) is 0 Å². The number of furan rings is 2. The number of anilines is 6. The molecule has 396 valence electrons. The van der Waals surface area contributed by atoms with Gasteiger partial charge in [-0.2, -0.15) is 0 Å². The Morgan fingerprint density at radius 3 is 1.04 bits per heavy atom. The first-order chi connectivity index (χ1) is 39.7. The van der Waals surface area contributed by atoms with E-state index in [4.69, 9.17) is 8.83 Å². The Morgan fingerprint density at radius 1 is 0.280 bits per heavy atom. The average molecular weight is 1060 g/mol. The molecule has 1 aliphatic carbocycles. The zero-order valence-electron chi connectivity index (χ0n) is 47.7.